The zero-order chi connectivity index (χ0) is 36.7. The lowest BCUT2D eigenvalue weighted by Crippen LogP contribution is -2.59. The number of ether oxygens (including phenoxy) is 2. The van der Waals surface area contributed by atoms with Gasteiger partial charge in [0.05, 0.1) is 18.4 Å². The Labute approximate surface area is 297 Å². The Balaban J connectivity index is 1.35. The molecule has 2 aromatic rings. The number of pyridine rings is 1. The molecule has 15 heteroatoms. The molecule has 2 saturated carbocycles. The summed E-state index contributed by atoms with van der Waals surface area (Å²) in [6.45, 7) is 5.48. The highest BCUT2D eigenvalue weighted by Gasteiger charge is 2.63. The molecule has 6 rings (SSSR count). The van der Waals surface area contributed by atoms with E-state index in [-0.39, 0.29) is 31.2 Å². The number of sulfonamides is 1. The highest BCUT2D eigenvalue weighted by molar-refractivity contribution is 7.91. The second-order valence-corrected chi connectivity index (χ2v) is 17.0. The molecular weight excluding hydrogens is 678 g/mol. The zero-order valence-electron chi connectivity index (χ0n) is 29.4. The van der Waals surface area contributed by atoms with Crippen molar-refractivity contribution in [3.05, 3.63) is 42.6 Å². The second kappa shape index (κ2) is 14.0. The van der Waals surface area contributed by atoms with Crippen LogP contribution in [0.2, 0.25) is 0 Å². The van der Waals surface area contributed by atoms with Gasteiger partial charge in [-0.15, -0.1) is 0 Å². The van der Waals surface area contributed by atoms with Gasteiger partial charge in [0, 0.05) is 23.9 Å². The van der Waals surface area contributed by atoms with Gasteiger partial charge in [0.25, 0.3) is 5.91 Å². The molecule has 51 heavy (non-hydrogen) atoms. The third kappa shape index (κ3) is 7.35. The Morgan fingerprint density at radius 3 is 2.63 bits per heavy atom. The number of nitrogens with one attached hydrogen (secondary N) is 3. The number of rotatable bonds is 8. The molecule has 14 nitrogen and oxygen atoms in total. The van der Waals surface area contributed by atoms with E-state index in [1.54, 1.807) is 26.3 Å². The molecule has 1 saturated heterocycles. The first kappa shape index (κ1) is 36.4. The quantitative estimate of drug-likeness (QED) is 0.293. The first-order chi connectivity index (χ1) is 24.2. The maximum atomic E-state index is 14.5. The summed E-state index contributed by atoms with van der Waals surface area (Å²) in [6.07, 6.45) is 6.87. The molecule has 0 radical (unpaired) electrons. The van der Waals surface area contributed by atoms with Crippen molar-refractivity contribution in [2.45, 2.75) is 101 Å². The van der Waals surface area contributed by atoms with E-state index < -0.39 is 68.2 Å². The summed E-state index contributed by atoms with van der Waals surface area (Å²) in [5, 5.41) is 16.6. The third-order valence-electron chi connectivity index (χ3n) is 11.1. The van der Waals surface area contributed by atoms with E-state index >= 15 is 0 Å². The Hall–Kier alpha value is -4.40. The summed E-state index contributed by atoms with van der Waals surface area (Å²) >= 11 is 0. The van der Waals surface area contributed by atoms with Crippen molar-refractivity contribution in [2.24, 2.45) is 17.8 Å². The van der Waals surface area contributed by atoms with Gasteiger partial charge in [-0.3, -0.25) is 19.1 Å². The number of amides is 4. The molecule has 7 atom stereocenters. The molecule has 2 aliphatic carbocycles. The maximum Gasteiger partial charge on any atom is 0.405 e. The molecule has 4 amide bonds. The van der Waals surface area contributed by atoms with Crippen molar-refractivity contribution >= 4 is 44.6 Å². The lowest BCUT2D eigenvalue weighted by molar-refractivity contribution is -0.142. The van der Waals surface area contributed by atoms with E-state index in [4.69, 9.17) is 9.47 Å². The van der Waals surface area contributed by atoms with E-state index in [1.807, 2.05) is 37.3 Å². The number of carbonyl (C=O) groups is 4. The Bertz CT molecular complexity index is 1850. The van der Waals surface area contributed by atoms with Crippen LogP contribution in [0.1, 0.15) is 72.1 Å². The number of allylic oxidation sites excluding steroid dienone is 1. The summed E-state index contributed by atoms with van der Waals surface area (Å²) in [6, 6.07) is 4.94. The number of hydrogen-bond acceptors (Lipinski definition) is 9. The first-order valence-corrected chi connectivity index (χ1v) is 19.1. The topological polar surface area (TPSA) is 193 Å². The summed E-state index contributed by atoms with van der Waals surface area (Å²) in [5.74, 6) is -1.77. The number of benzene rings is 1. The number of methoxy groups -OCH3 is 1. The fourth-order valence-corrected chi connectivity index (χ4v) is 8.77. The van der Waals surface area contributed by atoms with Gasteiger partial charge < -0.3 is 30.1 Å². The van der Waals surface area contributed by atoms with Crippen molar-refractivity contribution in [1.29, 1.82) is 0 Å². The molecule has 276 valence electrons. The number of aromatic nitrogens is 1. The van der Waals surface area contributed by atoms with Crippen molar-refractivity contribution in [2.75, 3.05) is 13.7 Å². The largest absolute Gasteiger partial charge is 0.497 e. The number of carboxylic acid groups (broad SMARTS) is 1. The van der Waals surface area contributed by atoms with Crippen LogP contribution in [0, 0.1) is 17.8 Å². The Morgan fingerprint density at radius 2 is 1.94 bits per heavy atom. The molecule has 1 aromatic carbocycles. The number of hydrogen-bond donors (Lipinski definition) is 4. The van der Waals surface area contributed by atoms with Crippen molar-refractivity contribution in [3.8, 4) is 11.6 Å². The minimum absolute atomic E-state index is 0.0212. The second-order valence-electron chi connectivity index (χ2n) is 14.8. The van der Waals surface area contributed by atoms with Crippen LogP contribution >= 0.6 is 0 Å². The predicted molar refractivity (Wildman–Crippen MR) is 187 cm³/mol. The Morgan fingerprint density at radius 1 is 1.18 bits per heavy atom. The standard InChI is InChI=1S/C36H47N5O9S/c1-5-22-16-21(2)8-6-7-9-24-19-36(24,33(44)40-51(47,48)35(3)13-14-35)39-30(42)28-18-26(20-41(28)32(43)29(22)38-34(45)46)50-31-27-11-10-25(49-4)17-23(27)12-15-37-31/h7,9-12,15,17,21-22,24,26,28-29,38H,5-6,8,13-14,16,18-20H2,1-4H3,(H,39,42)(H,40,44)(H,45,46)/t21-,22+,24+,26+,28-,29-,36+/m0/s1. The summed E-state index contributed by atoms with van der Waals surface area (Å²) in [5.41, 5.74) is -1.54. The van der Waals surface area contributed by atoms with Crippen LogP contribution in [-0.2, 0) is 24.4 Å². The zero-order valence-corrected chi connectivity index (χ0v) is 30.2. The maximum absolute atomic E-state index is 14.5. The van der Waals surface area contributed by atoms with Gasteiger partial charge in [-0.1, -0.05) is 32.4 Å². The SMILES string of the molecule is CC[C@@H]1C[C@@H](C)CCC=C[C@@H]2C[C@@]2(C(=O)NS(=O)(=O)C2(C)CC2)NC(=O)[C@@H]2C[C@@H](Oc3nccc4cc(OC)ccc34)CN2C(=O)[C@H]1NC(=O)O. The van der Waals surface area contributed by atoms with E-state index in [2.05, 4.69) is 27.3 Å². The fraction of sp³-hybridized carbons (Fsp3) is 0.583. The number of nitrogens with zero attached hydrogens (tertiary/aromatic N) is 2. The van der Waals surface area contributed by atoms with Gasteiger partial charge in [0.1, 0.15) is 29.5 Å². The predicted octanol–water partition coefficient (Wildman–Crippen LogP) is 3.50. The summed E-state index contributed by atoms with van der Waals surface area (Å²) < 4.78 is 39.1. The highest BCUT2D eigenvalue weighted by Crippen LogP contribution is 2.47. The molecule has 1 aromatic heterocycles. The Kier molecular flexibility index (Phi) is 9.96. The van der Waals surface area contributed by atoms with E-state index in [1.165, 1.54) is 4.90 Å². The molecular formula is C36H47N5O9S. The van der Waals surface area contributed by atoms with Crippen LogP contribution in [0.4, 0.5) is 4.79 Å². The van der Waals surface area contributed by atoms with Gasteiger partial charge >= 0.3 is 6.09 Å². The molecule has 0 bridgehead atoms. The van der Waals surface area contributed by atoms with Crippen LogP contribution in [-0.4, -0.2) is 89.4 Å². The average molecular weight is 726 g/mol. The summed E-state index contributed by atoms with van der Waals surface area (Å²) in [4.78, 5) is 60.4. The van der Waals surface area contributed by atoms with Crippen molar-refractivity contribution < 1.29 is 42.2 Å². The van der Waals surface area contributed by atoms with Crippen LogP contribution in [0.5, 0.6) is 11.6 Å². The van der Waals surface area contributed by atoms with Crippen LogP contribution < -0.4 is 24.8 Å². The fourth-order valence-electron chi connectivity index (χ4n) is 7.46. The molecule has 4 N–H and O–H groups in total. The number of fused-ring (bicyclic) bond motifs is 3. The number of carbonyl (C=O) groups excluding carboxylic acids is 3. The van der Waals surface area contributed by atoms with E-state index in [9.17, 15) is 32.7 Å². The molecule has 4 aliphatic rings. The van der Waals surface area contributed by atoms with Gasteiger partial charge in [0.15, 0.2) is 0 Å². The van der Waals surface area contributed by atoms with Crippen molar-refractivity contribution in [3.63, 3.8) is 0 Å². The molecule has 3 fully saturated rings. The van der Waals surface area contributed by atoms with E-state index in [0.29, 0.717) is 49.1 Å². The highest BCUT2D eigenvalue weighted by atomic mass is 32.2. The smallest absolute Gasteiger partial charge is 0.405 e. The normalized spacial score (nSPS) is 30.5. The van der Waals surface area contributed by atoms with Gasteiger partial charge in [-0.2, -0.15) is 0 Å². The molecule has 3 heterocycles. The van der Waals surface area contributed by atoms with Gasteiger partial charge in [-0.05, 0) is 86.9 Å². The molecule has 2 aliphatic heterocycles. The lowest BCUT2D eigenvalue weighted by atomic mass is 9.85. The van der Waals surface area contributed by atoms with Crippen molar-refractivity contribution in [1.82, 2.24) is 25.2 Å². The average Bonchev–Trinajstić information content (AvgIpc) is 3.97. The van der Waals surface area contributed by atoms with Gasteiger partial charge in [0.2, 0.25) is 27.7 Å². The van der Waals surface area contributed by atoms with Gasteiger partial charge in [-0.25, -0.2) is 18.2 Å². The van der Waals surface area contributed by atoms with Crippen LogP contribution in [0.3, 0.4) is 0 Å². The first-order valence-electron chi connectivity index (χ1n) is 17.6. The molecule has 0 unspecified atom stereocenters. The lowest BCUT2D eigenvalue weighted by Gasteiger charge is -2.33. The minimum Gasteiger partial charge on any atom is -0.497 e. The van der Waals surface area contributed by atoms with E-state index in [0.717, 1.165) is 11.8 Å². The summed E-state index contributed by atoms with van der Waals surface area (Å²) in [7, 11) is -2.43. The van der Waals surface area contributed by atoms with Crippen LogP contribution in [0.25, 0.3) is 10.8 Å². The monoisotopic (exact) mass is 725 g/mol. The molecule has 0 spiro atoms. The van der Waals surface area contributed by atoms with Crippen LogP contribution in [0.15, 0.2) is 42.6 Å². The third-order valence-corrected chi connectivity index (χ3v) is 13.3. The minimum atomic E-state index is -4.00.